The molecule has 4 aromatic heterocycles. The molecule has 42 heteroatoms. The van der Waals surface area contributed by atoms with E-state index in [4.69, 9.17) is 57.7 Å². The number of alkyl halides is 3. The molecular formula is C108H133F7N20O15. The number of piperidine rings is 1. The second-order valence-electron chi connectivity index (χ2n) is 36.7. The third-order valence-electron chi connectivity index (χ3n) is 24.9. The van der Waals surface area contributed by atoms with Crippen LogP contribution in [-0.2, 0) is 71.6 Å². The summed E-state index contributed by atoms with van der Waals surface area (Å²) in [5.74, 6) is 5.29. The molecule has 2 unspecified atom stereocenters. The summed E-state index contributed by atoms with van der Waals surface area (Å²) in [5.41, 5.74) is 14.4. The van der Waals surface area contributed by atoms with E-state index in [1.165, 1.54) is 25.3 Å². The number of rotatable bonds is 37. The molecule has 1 aliphatic carbocycles. The lowest BCUT2D eigenvalue weighted by Crippen LogP contribution is -2.46. The Labute approximate surface area is 867 Å². The van der Waals surface area contributed by atoms with Gasteiger partial charge in [-0.15, -0.1) is 51.1 Å². The number of carbonyl (C=O) groups excluding carboxylic acids is 6. The predicted octanol–water partition coefficient (Wildman–Crippen LogP) is 19.4. The lowest BCUT2D eigenvalue weighted by molar-refractivity contribution is -0.274. The Hall–Kier alpha value is -14.8. The van der Waals surface area contributed by atoms with Gasteiger partial charge in [-0.25, -0.2) is 47.5 Å². The maximum atomic E-state index is 12.9. The molecule has 1 saturated carbocycles. The number of benzene rings is 8. The van der Waals surface area contributed by atoms with Crippen LogP contribution in [0.4, 0.5) is 82.8 Å². The number of nitrogens with one attached hydrogen (secondary N) is 9. The van der Waals surface area contributed by atoms with Gasteiger partial charge in [0.15, 0.2) is 0 Å². The third kappa shape index (κ3) is 36.3. The Kier molecular flexibility index (Phi) is 44.8. The second-order valence-corrected chi connectivity index (χ2v) is 36.7. The lowest BCUT2D eigenvalue weighted by Gasteiger charge is -2.38. The highest BCUT2D eigenvalue weighted by atomic mass is 19.4. The van der Waals surface area contributed by atoms with Crippen LogP contribution < -0.4 is 71.5 Å². The predicted molar refractivity (Wildman–Crippen MR) is 556 cm³/mol. The Balaban J connectivity index is 0.000000185. The zero-order valence-electron chi connectivity index (χ0n) is 86.5. The van der Waals surface area contributed by atoms with Gasteiger partial charge in [0.2, 0.25) is 23.5 Å². The molecule has 9 N–H and O–H groups in total. The van der Waals surface area contributed by atoms with Crippen molar-refractivity contribution < 1.29 is 102 Å². The summed E-state index contributed by atoms with van der Waals surface area (Å²) in [6, 6.07) is 63.6. The summed E-state index contributed by atoms with van der Waals surface area (Å²) in [7, 11) is 14.8. The molecule has 16 rings (SSSR count). The summed E-state index contributed by atoms with van der Waals surface area (Å²) in [6.45, 7) is 20.5. The molecule has 0 bridgehead atoms. The fraction of sp³-hybridized carbons (Fsp3) is 0.389. The molecule has 2 atom stereocenters. The molecule has 150 heavy (non-hydrogen) atoms. The van der Waals surface area contributed by atoms with Gasteiger partial charge >= 0.3 is 43.1 Å². The average Bonchev–Trinajstić information content (AvgIpc) is 1.65. The van der Waals surface area contributed by atoms with Crippen molar-refractivity contribution in [2.75, 3.05) is 137 Å². The molecule has 8 aromatic carbocycles. The largest absolute Gasteiger partial charge is 0.573 e. The molecule has 4 fully saturated rings. The van der Waals surface area contributed by atoms with Crippen LogP contribution in [0.5, 0.6) is 29.3 Å². The van der Waals surface area contributed by atoms with Crippen molar-refractivity contribution in [3.05, 3.63) is 279 Å². The molecule has 7 heterocycles. The van der Waals surface area contributed by atoms with Crippen LogP contribution in [0.15, 0.2) is 206 Å². The number of para-hydroxylation sites is 4. The number of ether oxygens (including phenoxy) is 9. The number of anilines is 4. The van der Waals surface area contributed by atoms with Gasteiger partial charge in [0.05, 0.1) is 91.3 Å². The maximum absolute atomic E-state index is 12.9. The van der Waals surface area contributed by atoms with Gasteiger partial charge in [-0.1, -0.05) is 146 Å². The van der Waals surface area contributed by atoms with E-state index in [1.807, 2.05) is 224 Å². The fourth-order valence-corrected chi connectivity index (χ4v) is 17.0. The van der Waals surface area contributed by atoms with E-state index >= 15 is 0 Å². The standard InChI is InChI=1S/C27H32F3N5O4.C27H35N5O3.2C26H33N5O3.2CF2O/c1-17-24(32-26(36)31-15-19-12-18(16-37-4)10-11-23(19)39-27(28,29)30)35(20-8-6-5-7-9-20)33-25(17)38-22-13-21(14-22)34(2)3;1-19-10-11-21(17-34-4)14-23(19)15-28-27(33)29-25-20(2)26(35-18-22-12-13-31(3)16-22)30-32(25)24-8-6-5-7-9-24;1-19-24(28-26(32)27-15-20-8-7-9-21(14-20)17-33-3)31(23-10-5-4-6-11-23)29-25(19)34-18-22-12-13-30(2)16-22;1-19-24(29-26(32)28-16-21-7-6-8-22(15-21)17-33-2)31(23-9-4-3-5-10-23)30-25(19)34-18-20-11-13-27-14-12-20;2*2-1(3)4/h5-12,21-22H,13-16H2,1-4H3,(H2,31,32,36);5-11,14,22H,12-13,15-18H2,1-4H3,(H2,28,29,33);4-11,14,22H,12-13,15-18H2,1-3H3,(H2,27,28,32);3-10,15,20,27H,11-14,16-18H2,1-2H3,(H2,28,29,32);;. The molecule has 0 radical (unpaired) electrons. The van der Waals surface area contributed by atoms with E-state index in [0.29, 0.717) is 147 Å². The Bertz CT molecular complexity index is 6130. The van der Waals surface area contributed by atoms with Gasteiger partial charge in [-0.05, 0) is 226 Å². The quantitative estimate of drug-likeness (QED) is 0.0129. The second kappa shape index (κ2) is 58.2. The number of hydrogen-bond donors (Lipinski definition) is 9. The molecule has 35 nitrogen and oxygen atoms in total. The van der Waals surface area contributed by atoms with Crippen molar-refractivity contribution in [3.8, 4) is 52.0 Å². The molecule has 3 aliphatic heterocycles. The van der Waals surface area contributed by atoms with Crippen LogP contribution in [0, 0.1) is 52.4 Å². The minimum Gasteiger partial charge on any atom is -0.476 e. The first-order valence-electron chi connectivity index (χ1n) is 49.0. The van der Waals surface area contributed by atoms with Crippen LogP contribution in [0.1, 0.15) is 111 Å². The van der Waals surface area contributed by atoms with Crippen LogP contribution in [0.2, 0.25) is 0 Å². The highest BCUT2D eigenvalue weighted by molar-refractivity contribution is 5.92. The molecule has 3 saturated heterocycles. The van der Waals surface area contributed by atoms with E-state index in [2.05, 4.69) is 97.6 Å². The average molecular weight is 2080 g/mol. The van der Waals surface area contributed by atoms with Gasteiger partial charge in [0, 0.05) is 104 Å². The highest BCUT2D eigenvalue weighted by Gasteiger charge is 2.36. The maximum Gasteiger partial charge on any atom is 0.573 e. The van der Waals surface area contributed by atoms with Crippen molar-refractivity contribution >= 4 is 60.0 Å². The number of hydrogen-bond acceptors (Lipinski definition) is 23. The van der Waals surface area contributed by atoms with Gasteiger partial charge in [0.1, 0.15) is 35.1 Å². The first-order valence-corrected chi connectivity index (χ1v) is 49.0. The van der Waals surface area contributed by atoms with Crippen LogP contribution >= 0.6 is 0 Å². The monoisotopic (exact) mass is 2080 g/mol. The minimum absolute atomic E-state index is 0.0170. The van der Waals surface area contributed by atoms with Gasteiger partial charge < -0.3 is 83.9 Å². The minimum atomic E-state index is -4.87. The summed E-state index contributed by atoms with van der Waals surface area (Å²) >= 11 is 0. The van der Waals surface area contributed by atoms with Gasteiger partial charge in [0.25, 0.3) is 0 Å². The highest BCUT2D eigenvalue weighted by Crippen LogP contribution is 2.38. The first-order chi connectivity index (χ1) is 72.1. The van der Waals surface area contributed by atoms with Crippen LogP contribution in [-0.4, -0.2) is 225 Å². The Morgan fingerprint density at radius 1 is 0.393 bits per heavy atom. The van der Waals surface area contributed by atoms with E-state index < -0.39 is 30.7 Å². The SMILES string of the molecule is COCc1ccc(C)c(CNC(=O)Nc2c(C)c(OCC3CCN(C)C3)nn2-c2ccccc2)c1.COCc1ccc(OC(F)(F)F)c(CNC(=O)Nc2c(C)c(OC3CC(N(C)C)C3)nn2-c2ccccc2)c1.COCc1cccc(CNC(=O)Nc2c(C)c(OCC3CCN(C)C3)nn2-c2ccccc2)c1.COCc1cccc(CNC(=O)Nc2c(C)c(OCC3CCNCC3)nn2-c2ccccc2)c1.O=C(F)F.O=C(F)F. The van der Waals surface area contributed by atoms with Gasteiger partial charge in [-0.3, -0.25) is 21.3 Å². The number of methoxy groups -OCH3 is 4. The number of carbonyl (C=O) groups is 6. The zero-order chi connectivity index (χ0) is 108. The number of urea groups is 4. The number of likely N-dealkylation sites (tertiary alicyclic amines) is 2. The number of aryl methyl sites for hydroxylation is 1. The summed E-state index contributed by atoms with van der Waals surface area (Å²) in [5, 5.41) is 45.3. The smallest absolute Gasteiger partial charge is 0.476 e. The number of nitrogens with zero attached hydrogens (tertiary/aromatic N) is 11. The molecule has 804 valence electrons. The fourth-order valence-electron chi connectivity index (χ4n) is 17.0. The van der Waals surface area contributed by atoms with Crippen molar-refractivity contribution in [1.29, 1.82) is 0 Å². The van der Waals surface area contributed by atoms with Gasteiger partial charge in [-0.2, -0.15) is 0 Å². The summed E-state index contributed by atoms with van der Waals surface area (Å²) < 4.78 is 134. The molecule has 12 aromatic rings. The topological polar surface area (TPSA) is 375 Å². The number of halogens is 7. The normalized spacial score (nSPS) is 15.3. The summed E-state index contributed by atoms with van der Waals surface area (Å²) in [4.78, 5) is 74.5. The Morgan fingerprint density at radius 2 is 0.713 bits per heavy atom. The summed E-state index contributed by atoms with van der Waals surface area (Å²) in [6.07, 6.45) is -4.35. The van der Waals surface area contributed by atoms with Crippen LogP contribution in [0.25, 0.3) is 22.7 Å². The van der Waals surface area contributed by atoms with E-state index in [1.54, 1.807) is 47.0 Å². The Morgan fingerprint density at radius 3 is 1.06 bits per heavy atom. The van der Waals surface area contributed by atoms with E-state index in [9.17, 15) is 49.9 Å². The molecular weight excluding hydrogens is 1950 g/mol. The van der Waals surface area contributed by atoms with E-state index in [-0.39, 0.29) is 42.9 Å². The third-order valence-corrected chi connectivity index (χ3v) is 24.9. The number of aromatic nitrogens is 8. The molecule has 8 amide bonds. The van der Waals surface area contributed by atoms with E-state index in [0.717, 1.165) is 150 Å². The zero-order valence-corrected chi connectivity index (χ0v) is 86.5. The molecule has 0 spiro atoms. The molecule has 4 aliphatic rings. The van der Waals surface area contributed by atoms with Crippen molar-refractivity contribution in [2.45, 2.75) is 144 Å². The number of amides is 8. The van der Waals surface area contributed by atoms with Crippen molar-refractivity contribution in [1.82, 2.24) is 80.4 Å². The first kappa shape index (κ1) is 116. The van der Waals surface area contributed by atoms with Crippen LogP contribution in [0.3, 0.4) is 0 Å². The van der Waals surface area contributed by atoms with Crippen molar-refractivity contribution in [2.24, 2.45) is 17.8 Å². The van der Waals surface area contributed by atoms with Crippen molar-refractivity contribution in [3.63, 3.8) is 0 Å². The lowest BCUT2D eigenvalue weighted by atomic mass is 9.88.